The molecule has 0 saturated carbocycles. The Hall–Kier alpha value is -3.13. The lowest BCUT2D eigenvalue weighted by molar-refractivity contribution is 0.503. The first-order chi connectivity index (χ1) is 13.1. The molecule has 0 bridgehead atoms. The number of hydrogen-bond acceptors (Lipinski definition) is 1. The normalized spacial score (nSPS) is 11.5. The minimum Gasteiger partial charge on any atom is -0.316 e. The highest BCUT2D eigenvalue weighted by molar-refractivity contribution is 5.52. The highest BCUT2D eigenvalue weighted by atomic mass is 15.1. The van der Waals surface area contributed by atoms with Crippen LogP contribution in [0.3, 0.4) is 0 Å². The van der Waals surface area contributed by atoms with Crippen molar-refractivity contribution < 1.29 is 0 Å². The van der Waals surface area contributed by atoms with Gasteiger partial charge in [-0.15, -0.1) is 0 Å². The topological polar surface area (TPSA) is 17.8 Å². The summed E-state index contributed by atoms with van der Waals surface area (Å²) in [5, 5.41) is 0. The number of rotatable bonds is 4. The molecule has 0 atom stereocenters. The van der Waals surface area contributed by atoms with E-state index in [0.717, 1.165) is 5.69 Å². The quantitative estimate of drug-likeness (QED) is 0.434. The fourth-order valence-corrected chi connectivity index (χ4v) is 3.98. The third kappa shape index (κ3) is 2.78. The van der Waals surface area contributed by atoms with Gasteiger partial charge in [-0.1, -0.05) is 90.5 Å². The van der Waals surface area contributed by atoms with E-state index in [1.807, 2.05) is 6.33 Å². The molecule has 27 heavy (non-hydrogen) atoms. The molecule has 0 saturated heterocycles. The second kappa shape index (κ2) is 6.88. The third-order valence-electron chi connectivity index (χ3n) is 5.43. The van der Waals surface area contributed by atoms with Gasteiger partial charge in [0.25, 0.3) is 0 Å². The first kappa shape index (κ1) is 17.3. The largest absolute Gasteiger partial charge is 0.316 e. The minimum atomic E-state index is -0.472. The van der Waals surface area contributed by atoms with Crippen molar-refractivity contribution in [1.82, 2.24) is 9.55 Å². The van der Waals surface area contributed by atoms with Gasteiger partial charge in [-0.2, -0.15) is 0 Å². The van der Waals surface area contributed by atoms with E-state index >= 15 is 0 Å². The number of benzene rings is 3. The monoisotopic (exact) mass is 352 g/mol. The molecule has 2 nitrogen and oxygen atoms in total. The van der Waals surface area contributed by atoms with Gasteiger partial charge in [-0.05, 0) is 37.5 Å². The molecule has 0 aliphatic heterocycles. The molecule has 0 fully saturated rings. The summed E-state index contributed by atoms with van der Waals surface area (Å²) in [6, 6.07) is 30.2. The maximum atomic E-state index is 4.64. The molecule has 134 valence electrons. The summed E-state index contributed by atoms with van der Waals surface area (Å²) in [4.78, 5) is 4.64. The number of nitrogens with zero attached hydrogens (tertiary/aromatic N) is 2. The number of imidazole rings is 1. The second-order valence-electron chi connectivity index (χ2n) is 7.10. The van der Waals surface area contributed by atoms with Crippen molar-refractivity contribution in [2.45, 2.75) is 26.3 Å². The Kier molecular flexibility index (Phi) is 4.41. The molecule has 4 aromatic rings. The Morgan fingerprint density at radius 2 is 1.22 bits per heavy atom. The number of aryl methyl sites for hydroxylation is 2. The van der Waals surface area contributed by atoms with E-state index < -0.39 is 5.54 Å². The first-order valence-corrected chi connectivity index (χ1v) is 9.33. The van der Waals surface area contributed by atoms with Gasteiger partial charge < -0.3 is 4.57 Å². The Bertz CT molecular complexity index is 1010. The summed E-state index contributed by atoms with van der Waals surface area (Å²) in [6.07, 6.45) is 1.98. The van der Waals surface area contributed by atoms with Crippen LogP contribution < -0.4 is 0 Å². The molecule has 0 spiro atoms. The van der Waals surface area contributed by atoms with Gasteiger partial charge in [0.15, 0.2) is 0 Å². The van der Waals surface area contributed by atoms with Crippen molar-refractivity contribution in [2.24, 2.45) is 0 Å². The van der Waals surface area contributed by atoms with Crippen molar-refractivity contribution in [2.75, 3.05) is 0 Å². The smallest absolute Gasteiger partial charge is 0.121 e. The van der Waals surface area contributed by atoms with Crippen LogP contribution in [-0.4, -0.2) is 9.55 Å². The van der Waals surface area contributed by atoms with Gasteiger partial charge in [0.05, 0.1) is 12.0 Å². The van der Waals surface area contributed by atoms with E-state index in [2.05, 4.69) is 115 Å². The van der Waals surface area contributed by atoms with Crippen molar-refractivity contribution in [3.63, 3.8) is 0 Å². The van der Waals surface area contributed by atoms with Gasteiger partial charge in [-0.25, -0.2) is 4.98 Å². The zero-order chi connectivity index (χ0) is 18.9. The average molecular weight is 352 g/mol. The van der Waals surface area contributed by atoms with Crippen LogP contribution in [0.4, 0.5) is 0 Å². The van der Waals surface area contributed by atoms with Gasteiger partial charge in [-0.3, -0.25) is 0 Å². The maximum Gasteiger partial charge on any atom is 0.121 e. The Balaban J connectivity index is 2.18. The zero-order valence-electron chi connectivity index (χ0n) is 16.1. The summed E-state index contributed by atoms with van der Waals surface area (Å²) < 4.78 is 2.32. The molecule has 0 radical (unpaired) electrons. The minimum absolute atomic E-state index is 0.472. The van der Waals surface area contributed by atoms with Crippen LogP contribution in [0.25, 0.3) is 0 Å². The van der Waals surface area contributed by atoms with Crippen LogP contribution in [-0.2, 0) is 5.54 Å². The molecule has 0 unspecified atom stereocenters. The predicted octanol–water partition coefficient (Wildman–Crippen LogP) is 5.65. The fraction of sp³-hybridized carbons (Fsp3) is 0.160. The second-order valence-corrected chi connectivity index (χ2v) is 7.10. The molecular weight excluding hydrogens is 328 g/mol. The van der Waals surface area contributed by atoms with E-state index in [4.69, 9.17) is 0 Å². The predicted molar refractivity (Wildman–Crippen MR) is 111 cm³/mol. The first-order valence-electron chi connectivity index (χ1n) is 9.33. The molecule has 2 heteroatoms. The molecule has 0 aliphatic rings. The van der Waals surface area contributed by atoms with Crippen LogP contribution in [0, 0.1) is 20.8 Å². The van der Waals surface area contributed by atoms with E-state index in [0.29, 0.717) is 0 Å². The standard InChI is InChI=1S/C25H24N2/c1-19-11-10-16-24(17-19)25(22-12-6-4-7-13-22,23-14-8-5-9-15-23)27-18-26-20(2)21(27)3/h4-18H,1-3H3. The lowest BCUT2D eigenvalue weighted by Crippen LogP contribution is -2.38. The molecular formula is C25H24N2. The van der Waals surface area contributed by atoms with Gasteiger partial charge in [0.2, 0.25) is 0 Å². The fourth-order valence-electron chi connectivity index (χ4n) is 3.98. The summed E-state index contributed by atoms with van der Waals surface area (Å²) in [5.74, 6) is 0. The lowest BCUT2D eigenvalue weighted by atomic mass is 9.76. The van der Waals surface area contributed by atoms with E-state index in [1.54, 1.807) is 0 Å². The van der Waals surface area contributed by atoms with Gasteiger partial charge in [0.1, 0.15) is 5.54 Å². The van der Waals surface area contributed by atoms with Crippen molar-refractivity contribution in [1.29, 1.82) is 0 Å². The van der Waals surface area contributed by atoms with Crippen molar-refractivity contribution >= 4 is 0 Å². The molecule has 1 heterocycles. The highest BCUT2D eigenvalue weighted by Crippen LogP contribution is 2.42. The molecule has 3 aromatic carbocycles. The van der Waals surface area contributed by atoms with E-state index in [1.165, 1.54) is 27.9 Å². The van der Waals surface area contributed by atoms with E-state index in [-0.39, 0.29) is 0 Å². The Labute approximate surface area is 161 Å². The Morgan fingerprint density at radius 1 is 0.667 bits per heavy atom. The number of aromatic nitrogens is 2. The maximum absolute atomic E-state index is 4.64. The molecule has 0 aliphatic carbocycles. The third-order valence-corrected chi connectivity index (χ3v) is 5.43. The van der Waals surface area contributed by atoms with Crippen LogP contribution in [0.5, 0.6) is 0 Å². The highest BCUT2D eigenvalue weighted by Gasteiger charge is 2.39. The summed E-state index contributed by atoms with van der Waals surface area (Å²) in [6.45, 7) is 6.37. The van der Waals surface area contributed by atoms with Crippen LogP contribution in [0.2, 0.25) is 0 Å². The van der Waals surface area contributed by atoms with Crippen molar-refractivity contribution in [3.05, 3.63) is 125 Å². The lowest BCUT2D eigenvalue weighted by Gasteiger charge is -2.38. The van der Waals surface area contributed by atoms with Crippen LogP contribution in [0.15, 0.2) is 91.3 Å². The molecule has 0 N–H and O–H groups in total. The zero-order valence-corrected chi connectivity index (χ0v) is 16.1. The molecule has 0 amide bonds. The summed E-state index contributed by atoms with van der Waals surface area (Å²) in [7, 11) is 0. The molecule has 1 aromatic heterocycles. The van der Waals surface area contributed by atoms with Crippen LogP contribution >= 0.6 is 0 Å². The average Bonchev–Trinajstić information content (AvgIpc) is 3.04. The Morgan fingerprint density at radius 3 is 1.70 bits per heavy atom. The summed E-state index contributed by atoms with van der Waals surface area (Å²) >= 11 is 0. The molecule has 4 rings (SSSR count). The van der Waals surface area contributed by atoms with Crippen molar-refractivity contribution in [3.8, 4) is 0 Å². The summed E-state index contributed by atoms with van der Waals surface area (Å²) in [5.41, 5.74) is 6.69. The van der Waals surface area contributed by atoms with Gasteiger partial charge in [0, 0.05) is 5.69 Å². The number of hydrogen-bond donors (Lipinski definition) is 0. The van der Waals surface area contributed by atoms with E-state index in [9.17, 15) is 0 Å². The van der Waals surface area contributed by atoms with Crippen LogP contribution in [0.1, 0.15) is 33.6 Å². The van der Waals surface area contributed by atoms with Gasteiger partial charge >= 0.3 is 0 Å². The SMILES string of the molecule is Cc1cccc(C(c2ccccc2)(c2ccccc2)n2cnc(C)c2C)c1.